The highest BCUT2D eigenvalue weighted by Gasteiger charge is 2.25. The number of hydrogen-bond acceptors (Lipinski definition) is 7. The van der Waals surface area contributed by atoms with E-state index >= 15 is 0 Å². The molecule has 3 heterocycles. The first-order chi connectivity index (χ1) is 15.1. The molecule has 0 amide bonds. The monoisotopic (exact) mass is 448 g/mol. The Bertz CT molecular complexity index is 961. The standard InChI is InChI=1S/C22H29ClN4O4/c1-29-19-11-17(23)10-16(21(19)30-2)14-26-5-3-4-15(13-26)18-12-20(28)25-22(24-18)27-6-8-31-9-7-27/h10-12,15H,3-9,13-14H2,1-2H3,(H,24,25,28). The van der Waals surface area contributed by atoms with E-state index in [0.29, 0.717) is 42.2 Å². The number of methoxy groups -OCH3 is 2. The van der Waals surface area contributed by atoms with Gasteiger partial charge in [0, 0.05) is 54.8 Å². The number of aromatic amines is 1. The van der Waals surface area contributed by atoms with Crippen molar-refractivity contribution >= 4 is 17.5 Å². The second-order valence-corrected chi connectivity index (χ2v) is 8.40. The molecule has 0 saturated carbocycles. The van der Waals surface area contributed by atoms with E-state index in [1.165, 1.54) is 0 Å². The molecule has 0 spiro atoms. The smallest absolute Gasteiger partial charge is 0.252 e. The Hall–Kier alpha value is -2.29. The molecular formula is C22H29ClN4O4. The molecule has 1 aromatic heterocycles. The number of H-pyrrole nitrogens is 1. The van der Waals surface area contributed by atoms with Gasteiger partial charge in [0.05, 0.1) is 33.1 Å². The number of likely N-dealkylation sites (tertiary alicyclic amines) is 1. The number of ether oxygens (including phenoxy) is 3. The lowest BCUT2D eigenvalue weighted by atomic mass is 9.94. The maximum atomic E-state index is 12.3. The summed E-state index contributed by atoms with van der Waals surface area (Å²) in [5.74, 6) is 2.18. The number of anilines is 1. The molecule has 168 valence electrons. The Kier molecular flexibility index (Phi) is 6.99. The van der Waals surface area contributed by atoms with Crippen LogP contribution in [0, 0.1) is 0 Å². The van der Waals surface area contributed by atoms with E-state index in [1.807, 2.05) is 6.07 Å². The van der Waals surface area contributed by atoms with E-state index in [9.17, 15) is 4.79 Å². The number of piperidine rings is 1. The summed E-state index contributed by atoms with van der Waals surface area (Å²) in [5.41, 5.74) is 1.73. The van der Waals surface area contributed by atoms with E-state index in [0.717, 1.165) is 50.3 Å². The lowest BCUT2D eigenvalue weighted by Gasteiger charge is -2.33. The van der Waals surface area contributed by atoms with E-state index in [1.54, 1.807) is 26.4 Å². The first-order valence-electron chi connectivity index (χ1n) is 10.6. The van der Waals surface area contributed by atoms with Crippen LogP contribution in [0.1, 0.15) is 30.0 Å². The van der Waals surface area contributed by atoms with Gasteiger partial charge in [0.1, 0.15) is 0 Å². The van der Waals surface area contributed by atoms with Crippen LogP contribution < -0.4 is 19.9 Å². The first-order valence-corrected chi connectivity index (χ1v) is 11.0. The zero-order chi connectivity index (χ0) is 21.8. The third kappa shape index (κ3) is 5.14. The van der Waals surface area contributed by atoms with Gasteiger partial charge in [-0.3, -0.25) is 14.7 Å². The molecule has 2 aliphatic heterocycles. The molecule has 31 heavy (non-hydrogen) atoms. The molecule has 4 rings (SSSR count). The van der Waals surface area contributed by atoms with Crippen molar-refractivity contribution in [3.8, 4) is 11.5 Å². The summed E-state index contributed by atoms with van der Waals surface area (Å²) in [6, 6.07) is 5.33. The molecule has 8 nitrogen and oxygen atoms in total. The Morgan fingerprint density at radius 1 is 1.19 bits per heavy atom. The Balaban J connectivity index is 1.53. The Labute approximate surface area is 187 Å². The molecule has 2 saturated heterocycles. The number of halogens is 1. The van der Waals surface area contributed by atoms with Gasteiger partial charge in [-0.05, 0) is 25.5 Å². The zero-order valence-electron chi connectivity index (χ0n) is 18.0. The van der Waals surface area contributed by atoms with E-state index in [-0.39, 0.29) is 11.5 Å². The number of aromatic nitrogens is 2. The summed E-state index contributed by atoms with van der Waals surface area (Å²) in [6.45, 7) is 5.24. The van der Waals surface area contributed by atoms with Crippen molar-refractivity contribution < 1.29 is 14.2 Å². The summed E-state index contributed by atoms with van der Waals surface area (Å²) in [7, 11) is 3.25. The molecule has 0 aliphatic carbocycles. The number of benzene rings is 1. The second kappa shape index (κ2) is 9.89. The van der Waals surface area contributed by atoms with Gasteiger partial charge in [0.15, 0.2) is 11.5 Å². The Morgan fingerprint density at radius 3 is 2.74 bits per heavy atom. The SMILES string of the molecule is COc1cc(Cl)cc(CN2CCCC(c3cc(=O)[nH]c(N4CCOCC4)n3)C2)c1OC. The summed E-state index contributed by atoms with van der Waals surface area (Å²) >= 11 is 6.29. The highest BCUT2D eigenvalue weighted by atomic mass is 35.5. The summed E-state index contributed by atoms with van der Waals surface area (Å²) in [6.07, 6.45) is 2.04. The molecule has 0 bridgehead atoms. The maximum absolute atomic E-state index is 12.3. The molecule has 1 atom stereocenters. The number of hydrogen-bond donors (Lipinski definition) is 1. The van der Waals surface area contributed by atoms with E-state index < -0.39 is 0 Å². The predicted molar refractivity (Wildman–Crippen MR) is 120 cm³/mol. The van der Waals surface area contributed by atoms with Gasteiger partial charge in [-0.1, -0.05) is 11.6 Å². The second-order valence-electron chi connectivity index (χ2n) is 7.97. The van der Waals surface area contributed by atoms with Crippen molar-refractivity contribution in [2.45, 2.75) is 25.3 Å². The minimum Gasteiger partial charge on any atom is -0.493 e. The fourth-order valence-corrected chi connectivity index (χ4v) is 4.63. The normalized spacial score (nSPS) is 20.0. The van der Waals surface area contributed by atoms with Crippen molar-refractivity contribution in [1.29, 1.82) is 0 Å². The van der Waals surface area contributed by atoms with Gasteiger partial charge < -0.3 is 19.1 Å². The molecule has 1 unspecified atom stereocenters. The minimum absolute atomic E-state index is 0.107. The molecule has 0 radical (unpaired) electrons. The molecular weight excluding hydrogens is 420 g/mol. The largest absolute Gasteiger partial charge is 0.493 e. The van der Waals surface area contributed by atoms with Crippen LogP contribution in [0.15, 0.2) is 23.0 Å². The topological polar surface area (TPSA) is 79.9 Å². The zero-order valence-corrected chi connectivity index (χ0v) is 18.8. The van der Waals surface area contributed by atoms with Crippen LogP contribution in [-0.4, -0.2) is 68.5 Å². The van der Waals surface area contributed by atoms with Crippen molar-refractivity contribution in [3.05, 3.63) is 44.8 Å². The first kappa shape index (κ1) is 21.9. The molecule has 2 aromatic rings. The number of nitrogens with zero attached hydrogens (tertiary/aromatic N) is 3. The van der Waals surface area contributed by atoms with Gasteiger partial charge in [-0.2, -0.15) is 0 Å². The van der Waals surface area contributed by atoms with Crippen LogP contribution >= 0.6 is 11.6 Å². The number of nitrogens with one attached hydrogen (secondary N) is 1. The van der Waals surface area contributed by atoms with Crippen LogP contribution in [0.25, 0.3) is 0 Å². The van der Waals surface area contributed by atoms with Crippen molar-refractivity contribution in [2.75, 3.05) is 58.5 Å². The number of morpholine rings is 1. The van der Waals surface area contributed by atoms with Crippen LogP contribution in [0.4, 0.5) is 5.95 Å². The highest BCUT2D eigenvalue weighted by molar-refractivity contribution is 6.30. The predicted octanol–water partition coefficient (Wildman–Crippen LogP) is 2.66. The maximum Gasteiger partial charge on any atom is 0.252 e. The van der Waals surface area contributed by atoms with Crippen molar-refractivity contribution in [2.24, 2.45) is 0 Å². The molecule has 2 aliphatic rings. The average Bonchev–Trinajstić information content (AvgIpc) is 2.79. The molecule has 1 N–H and O–H groups in total. The van der Waals surface area contributed by atoms with Gasteiger partial charge in [0.2, 0.25) is 5.95 Å². The highest BCUT2D eigenvalue weighted by Crippen LogP contribution is 2.36. The Morgan fingerprint density at radius 2 is 2.00 bits per heavy atom. The fourth-order valence-electron chi connectivity index (χ4n) is 4.40. The lowest BCUT2D eigenvalue weighted by Crippen LogP contribution is -2.39. The van der Waals surface area contributed by atoms with E-state index in [2.05, 4.69) is 14.8 Å². The van der Waals surface area contributed by atoms with Crippen molar-refractivity contribution in [1.82, 2.24) is 14.9 Å². The third-order valence-electron chi connectivity index (χ3n) is 5.90. The van der Waals surface area contributed by atoms with Gasteiger partial charge in [0.25, 0.3) is 5.56 Å². The molecule has 2 fully saturated rings. The van der Waals surface area contributed by atoms with Gasteiger partial charge in [-0.25, -0.2) is 4.98 Å². The third-order valence-corrected chi connectivity index (χ3v) is 6.12. The lowest BCUT2D eigenvalue weighted by molar-refractivity contribution is 0.122. The van der Waals surface area contributed by atoms with E-state index in [4.69, 9.17) is 30.8 Å². The molecule has 1 aromatic carbocycles. The average molecular weight is 449 g/mol. The summed E-state index contributed by atoms with van der Waals surface area (Å²) in [5, 5.41) is 0.618. The van der Waals surface area contributed by atoms with Crippen LogP contribution in [0.3, 0.4) is 0 Å². The van der Waals surface area contributed by atoms with Gasteiger partial charge >= 0.3 is 0 Å². The van der Waals surface area contributed by atoms with Gasteiger partial charge in [-0.15, -0.1) is 0 Å². The van der Waals surface area contributed by atoms with Crippen LogP contribution in [0.2, 0.25) is 5.02 Å². The summed E-state index contributed by atoms with van der Waals surface area (Å²) in [4.78, 5) is 24.5. The van der Waals surface area contributed by atoms with Crippen molar-refractivity contribution in [3.63, 3.8) is 0 Å². The fraction of sp³-hybridized carbons (Fsp3) is 0.545. The minimum atomic E-state index is -0.107. The molecule has 9 heteroatoms. The van der Waals surface area contributed by atoms with Crippen LogP contribution in [-0.2, 0) is 11.3 Å². The summed E-state index contributed by atoms with van der Waals surface area (Å²) < 4.78 is 16.4. The number of rotatable bonds is 6. The van der Waals surface area contributed by atoms with Crippen LogP contribution in [0.5, 0.6) is 11.5 Å². The quantitative estimate of drug-likeness (QED) is 0.727.